The molecule has 0 spiro atoms. The second kappa shape index (κ2) is 7.28. The molecule has 5 nitrogen and oxygen atoms in total. The predicted molar refractivity (Wildman–Crippen MR) is 79.9 cm³/mol. The number of hydrogen-bond donors (Lipinski definition) is 2. The Morgan fingerprint density at radius 1 is 1.32 bits per heavy atom. The molecule has 0 saturated heterocycles. The number of aliphatic hydroxyl groups excluding tert-OH is 1. The first-order valence-electron chi connectivity index (χ1n) is 7.00. The Labute approximate surface area is 116 Å². The van der Waals surface area contributed by atoms with Crippen LogP contribution in [-0.4, -0.2) is 41.3 Å². The number of nitrogens with zero attached hydrogens (tertiary/aromatic N) is 3. The minimum absolute atomic E-state index is 0.378. The molecule has 0 fully saturated rings. The third kappa shape index (κ3) is 4.35. The Morgan fingerprint density at radius 2 is 2.00 bits per heavy atom. The van der Waals surface area contributed by atoms with Crippen LogP contribution in [-0.2, 0) is 6.42 Å². The van der Waals surface area contributed by atoms with Crippen molar-refractivity contribution in [3.05, 3.63) is 11.4 Å². The van der Waals surface area contributed by atoms with E-state index in [2.05, 4.69) is 29.1 Å². The monoisotopic (exact) mass is 266 g/mol. The third-order valence-corrected chi connectivity index (χ3v) is 2.88. The number of likely N-dealkylation sites (N-methyl/N-ethyl adjacent to an activating group) is 1. The van der Waals surface area contributed by atoms with Gasteiger partial charge in [0, 0.05) is 32.1 Å². The molecule has 1 atom stereocenters. The van der Waals surface area contributed by atoms with Crippen LogP contribution < -0.4 is 10.2 Å². The molecule has 1 aromatic heterocycles. The van der Waals surface area contributed by atoms with E-state index in [4.69, 9.17) is 0 Å². The van der Waals surface area contributed by atoms with Gasteiger partial charge in [0.1, 0.15) is 17.5 Å². The number of nitrogens with one attached hydrogen (secondary N) is 1. The normalized spacial score (nSPS) is 12.3. The zero-order valence-corrected chi connectivity index (χ0v) is 12.7. The van der Waals surface area contributed by atoms with Gasteiger partial charge in [-0.2, -0.15) is 0 Å². The van der Waals surface area contributed by atoms with Gasteiger partial charge in [-0.05, 0) is 27.2 Å². The highest BCUT2D eigenvalue weighted by atomic mass is 16.3. The molecule has 0 aromatic carbocycles. The molecule has 5 heteroatoms. The Bertz CT molecular complexity index is 407. The van der Waals surface area contributed by atoms with E-state index in [0.717, 1.165) is 42.4 Å². The molecule has 0 aliphatic carbocycles. The lowest BCUT2D eigenvalue weighted by molar-refractivity contribution is 0.201. The Kier molecular flexibility index (Phi) is 6.02. The van der Waals surface area contributed by atoms with Crippen molar-refractivity contribution in [3.8, 4) is 0 Å². The summed E-state index contributed by atoms with van der Waals surface area (Å²) >= 11 is 0. The van der Waals surface area contributed by atoms with Gasteiger partial charge in [-0.15, -0.1) is 0 Å². The van der Waals surface area contributed by atoms with E-state index in [0.29, 0.717) is 6.54 Å². The average Bonchev–Trinajstić information content (AvgIpc) is 2.32. The second-order valence-electron chi connectivity index (χ2n) is 4.95. The first-order chi connectivity index (χ1) is 8.99. The highest BCUT2D eigenvalue weighted by Gasteiger charge is 2.14. The van der Waals surface area contributed by atoms with Gasteiger partial charge in [0.2, 0.25) is 0 Å². The summed E-state index contributed by atoms with van der Waals surface area (Å²) in [6, 6.07) is 0. The Hall–Kier alpha value is -1.36. The quantitative estimate of drug-likeness (QED) is 0.790. The van der Waals surface area contributed by atoms with Crippen molar-refractivity contribution in [1.29, 1.82) is 0 Å². The van der Waals surface area contributed by atoms with Gasteiger partial charge in [-0.25, -0.2) is 9.97 Å². The zero-order valence-electron chi connectivity index (χ0n) is 12.7. The Morgan fingerprint density at radius 3 is 2.53 bits per heavy atom. The lowest BCUT2D eigenvalue weighted by Gasteiger charge is -2.23. The molecule has 0 aliphatic heterocycles. The summed E-state index contributed by atoms with van der Waals surface area (Å²) in [5, 5.41) is 12.8. The van der Waals surface area contributed by atoms with Crippen molar-refractivity contribution in [2.75, 3.05) is 30.4 Å². The summed E-state index contributed by atoms with van der Waals surface area (Å²) in [5.74, 6) is 2.65. The van der Waals surface area contributed by atoms with Crippen molar-refractivity contribution in [1.82, 2.24) is 9.97 Å². The molecular formula is C14H26N4O. The minimum atomic E-state index is -0.378. The van der Waals surface area contributed by atoms with Crippen LogP contribution >= 0.6 is 0 Å². The fraction of sp³-hybridized carbons (Fsp3) is 0.714. The summed E-state index contributed by atoms with van der Waals surface area (Å²) in [4.78, 5) is 11.2. The highest BCUT2D eigenvalue weighted by Crippen LogP contribution is 2.23. The van der Waals surface area contributed by atoms with E-state index in [9.17, 15) is 5.11 Å². The van der Waals surface area contributed by atoms with Crippen LogP contribution in [0.3, 0.4) is 0 Å². The van der Waals surface area contributed by atoms with Crippen LogP contribution in [0, 0.1) is 6.92 Å². The summed E-state index contributed by atoms with van der Waals surface area (Å²) in [7, 11) is 1.95. The summed E-state index contributed by atoms with van der Waals surface area (Å²) in [6.45, 7) is 9.38. The van der Waals surface area contributed by atoms with Crippen molar-refractivity contribution >= 4 is 11.6 Å². The van der Waals surface area contributed by atoms with Gasteiger partial charge in [0.25, 0.3) is 0 Å². The predicted octanol–water partition coefficient (Wildman–Crippen LogP) is 1.99. The maximum absolute atomic E-state index is 9.52. The fourth-order valence-corrected chi connectivity index (χ4v) is 2.08. The number of anilines is 2. The van der Waals surface area contributed by atoms with E-state index >= 15 is 0 Å². The lowest BCUT2D eigenvalue weighted by Crippen LogP contribution is -2.29. The number of rotatable bonds is 7. The summed E-state index contributed by atoms with van der Waals surface area (Å²) in [6.07, 6.45) is 1.51. The molecule has 0 amide bonds. The highest BCUT2D eigenvalue weighted by molar-refractivity contribution is 5.58. The summed E-state index contributed by atoms with van der Waals surface area (Å²) in [5.41, 5.74) is 1.03. The average molecular weight is 266 g/mol. The van der Waals surface area contributed by atoms with Crippen LogP contribution in [0.15, 0.2) is 0 Å². The molecule has 108 valence electrons. The molecule has 0 bridgehead atoms. The molecule has 1 heterocycles. The number of aryl methyl sites for hydroxylation is 1. The van der Waals surface area contributed by atoms with E-state index in [-0.39, 0.29) is 6.10 Å². The Balaban J connectivity index is 3.12. The van der Waals surface area contributed by atoms with Crippen LogP contribution in [0.25, 0.3) is 0 Å². The molecule has 1 aromatic rings. The zero-order chi connectivity index (χ0) is 14.4. The van der Waals surface area contributed by atoms with Crippen LogP contribution in [0.5, 0.6) is 0 Å². The molecule has 0 aliphatic rings. The van der Waals surface area contributed by atoms with Gasteiger partial charge < -0.3 is 15.3 Å². The molecule has 0 saturated carbocycles. The van der Waals surface area contributed by atoms with Gasteiger partial charge in [-0.3, -0.25) is 0 Å². The lowest BCUT2D eigenvalue weighted by atomic mass is 10.2. The van der Waals surface area contributed by atoms with Crippen molar-refractivity contribution in [2.45, 2.75) is 46.6 Å². The first-order valence-corrected chi connectivity index (χ1v) is 7.00. The fourth-order valence-electron chi connectivity index (χ4n) is 2.08. The largest absolute Gasteiger partial charge is 0.392 e. The number of hydrogen-bond acceptors (Lipinski definition) is 5. The van der Waals surface area contributed by atoms with Gasteiger partial charge in [-0.1, -0.05) is 6.92 Å². The van der Waals surface area contributed by atoms with Crippen LogP contribution in [0.4, 0.5) is 11.6 Å². The smallest absolute Gasteiger partial charge is 0.137 e. The van der Waals surface area contributed by atoms with Crippen LogP contribution in [0.1, 0.15) is 38.6 Å². The van der Waals surface area contributed by atoms with Gasteiger partial charge in [0.05, 0.1) is 6.10 Å². The number of aliphatic hydroxyl groups is 1. The first kappa shape index (κ1) is 15.7. The molecule has 1 rings (SSSR count). The van der Waals surface area contributed by atoms with E-state index in [1.807, 2.05) is 18.9 Å². The SMILES string of the molecule is CCCc1nc(NCC)c(C)c(N(C)CC(C)O)n1. The van der Waals surface area contributed by atoms with Crippen molar-refractivity contribution in [3.63, 3.8) is 0 Å². The third-order valence-electron chi connectivity index (χ3n) is 2.88. The van der Waals surface area contributed by atoms with Crippen molar-refractivity contribution in [2.24, 2.45) is 0 Å². The summed E-state index contributed by atoms with van der Waals surface area (Å²) < 4.78 is 0. The van der Waals surface area contributed by atoms with E-state index < -0.39 is 0 Å². The van der Waals surface area contributed by atoms with Crippen molar-refractivity contribution < 1.29 is 5.11 Å². The molecular weight excluding hydrogens is 240 g/mol. The van der Waals surface area contributed by atoms with E-state index in [1.165, 1.54) is 0 Å². The maximum atomic E-state index is 9.52. The molecule has 2 N–H and O–H groups in total. The number of aromatic nitrogens is 2. The molecule has 0 radical (unpaired) electrons. The second-order valence-corrected chi connectivity index (χ2v) is 4.95. The van der Waals surface area contributed by atoms with Gasteiger partial charge >= 0.3 is 0 Å². The van der Waals surface area contributed by atoms with E-state index in [1.54, 1.807) is 6.92 Å². The minimum Gasteiger partial charge on any atom is -0.392 e. The maximum Gasteiger partial charge on any atom is 0.137 e. The molecule has 1 unspecified atom stereocenters. The molecule has 19 heavy (non-hydrogen) atoms. The van der Waals surface area contributed by atoms with Crippen LogP contribution in [0.2, 0.25) is 0 Å². The topological polar surface area (TPSA) is 61.3 Å². The standard InChI is InChI=1S/C14H26N4O/c1-6-8-12-16-13(15-7-2)11(4)14(17-12)18(5)9-10(3)19/h10,19H,6-9H2,1-5H3,(H,15,16,17). The van der Waals surface area contributed by atoms with Gasteiger partial charge in [0.15, 0.2) is 0 Å².